The van der Waals surface area contributed by atoms with Gasteiger partial charge in [-0.1, -0.05) is 19.9 Å². The van der Waals surface area contributed by atoms with Gasteiger partial charge in [0.05, 0.1) is 5.69 Å². The van der Waals surface area contributed by atoms with Crippen molar-refractivity contribution in [3.63, 3.8) is 0 Å². The Labute approximate surface area is 128 Å². The Morgan fingerprint density at radius 1 is 1.30 bits per heavy atom. The Hall–Kier alpha value is -1.20. The quantitative estimate of drug-likeness (QED) is 0.909. The van der Waals surface area contributed by atoms with Gasteiger partial charge in [-0.3, -0.25) is 0 Å². The lowest BCUT2D eigenvalue weighted by Crippen LogP contribution is -2.19. The van der Waals surface area contributed by atoms with Gasteiger partial charge in [-0.05, 0) is 59.9 Å². The lowest BCUT2D eigenvalue weighted by Gasteiger charge is -2.10. The first-order valence-corrected chi connectivity index (χ1v) is 7.66. The summed E-state index contributed by atoms with van der Waals surface area (Å²) in [4.78, 5) is 4.34. The number of nitrogens with zero attached hydrogens (tertiary/aromatic N) is 3. The minimum Gasteiger partial charge on any atom is -0.312 e. The van der Waals surface area contributed by atoms with Crippen LogP contribution < -0.4 is 5.32 Å². The molecule has 0 spiro atoms. The highest BCUT2D eigenvalue weighted by atomic mass is 79.9. The molecule has 1 aromatic heterocycles. The van der Waals surface area contributed by atoms with Crippen LogP contribution in [0.3, 0.4) is 0 Å². The molecule has 0 saturated heterocycles. The molecule has 1 N–H and O–H groups in total. The van der Waals surface area contributed by atoms with E-state index in [4.69, 9.17) is 0 Å². The molecular formula is C15H21BrN4. The van der Waals surface area contributed by atoms with Crippen molar-refractivity contribution in [2.75, 3.05) is 6.54 Å². The number of benzene rings is 1. The molecule has 0 saturated carbocycles. The van der Waals surface area contributed by atoms with Crippen molar-refractivity contribution in [3.05, 3.63) is 39.9 Å². The van der Waals surface area contributed by atoms with Gasteiger partial charge in [0.2, 0.25) is 0 Å². The van der Waals surface area contributed by atoms with Crippen molar-refractivity contribution >= 4 is 15.9 Å². The second-order valence-electron chi connectivity index (χ2n) is 5.43. The summed E-state index contributed by atoms with van der Waals surface area (Å²) in [7, 11) is 0. The van der Waals surface area contributed by atoms with Crippen LogP contribution in [-0.2, 0) is 6.54 Å². The molecule has 20 heavy (non-hydrogen) atoms. The molecule has 4 nitrogen and oxygen atoms in total. The standard InChI is InChI=1S/C15H21BrN4/c1-10(2)8-17-9-13-5-6-15(14(16)7-13)20-12(4)18-11(3)19-20/h5-7,10,17H,8-9H2,1-4H3. The van der Waals surface area contributed by atoms with Gasteiger partial charge >= 0.3 is 0 Å². The predicted molar refractivity (Wildman–Crippen MR) is 85.1 cm³/mol. The normalized spacial score (nSPS) is 11.3. The van der Waals surface area contributed by atoms with Gasteiger partial charge in [-0.15, -0.1) is 0 Å². The zero-order valence-corrected chi connectivity index (χ0v) is 14.0. The maximum Gasteiger partial charge on any atom is 0.148 e. The fraction of sp³-hybridized carbons (Fsp3) is 0.467. The Morgan fingerprint density at radius 2 is 2.05 bits per heavy atom. The van der Waals surface area contributed by atoms with Crippen LogP contribution in [-0.4, -0.2) is 21.3 Å². The van der Waals surface area contributed by atoms with Crippen molar-refractivity contribution in [1.82, 2.24) is 20.1 Å². The fourth-order valence-corrected chi connectivity index (χ4v) is 2.68. The molecule has 0 aliphatic carbocycles. The molecule has 2 rings (SSSR count). The molecule has 1 heterocycles. The summed E-state index contributed by atoms with van der Waals surface area (Å²) in [5.41, 5.74) is 2.28. The molecule has 0 unspecified atom stereocenters. The second kappa shape index (κ2) is 6.50. The van der Waals surface area contributed by atoms with E-state index in [2.05, 4.69) is 63.4 Å². The van der Waals surface area contributed by atoms with Crippen LogP contribution in [0.5, 0.6) is 0 Å². The van der Waals surface area contributed by atoms with Gasteiger partial charge in [-0.25, -0.2) is 9.67 Å². The number of hydrogen-bond donors (Lipinski definition) is 1. The summed E-state index contributed by atoms with van der Waals surface area (Å²) in [5, 5.41) is 7.86. The summed E-state index contributed by atoms with van der Waals surface area (Å²) in [5.74, 6) is 2.35. The molecule has 0 radical (unpaired) electrons. The van der Waals surface area contributed by atoms with Crippen molar-refractivity contribution in [3.8, 4) is 5.69 Å². The third-order valence-corrected chi connectivity index (χ3v) is 3.63. The number of nitrogens with one attached hydrogen (secondary N) is 1. The lowest BCUT2D eigenvalue weighted by molar-refractivity contribution is 0.552. The Morgan fingerprint density at radius 3 is 2.60 bits per heavy atom. The lowest BCUT2D eigenvalue weighted by atomic mass is 10.2. The molecular weight excluding hydrogens is 316 g/mol. The minimum absolute atomic E-state index is 0.665. The maximum absolute atomic E-state index is 4.42. The fourth-order valence-electron chi connectivity index (χ4n) is 2.09. The molecule has 2 aromatic rings. The molecule has 0 fully saturated rings. The van der Waals surface area contributed by atoms with E-state index in [1.807, 2.05) is 18.5 Å². The molecule has 0 amide bonds. The van der Waals surface area contributed by atoms with Crippen LogP contribution in [0.15, 0.2) is 22.7 Å². The van der Waals surface area contributed by atoms with E-state index in [0.29, 0.717) is 5.92 Å². The maximum atomic E-state index is 4.42. The molecule has 1 aromatic carbocycles. The number of aromatic nitrogens is 3. The molecule has 5 heteroatoms. The van der Waals surface area contributed by atoms with E-state index >= 15 is 0 Å². The summed E-state index contributed by atoms with van der Waals surface area (Å²) in [6, 6.07) is 6.35. The van der Waals surface area contributed by atoms with E-state index in [0.717, 1.165) is 34.9 Å². The van der Waals surface area contributed by atoms with E-state index in [-0.39, 0.29) is 0 Å². The van der Waals surface area contributed by atoms with Crippen LogP contribution in [0, 0.1) is 19.8 Å². The van der Waals surface area contributed by atoms with E-state index < -0.39 is 0 Å². The van der Waals surface area contributed by atoms with Crippen molar-refractivity contribution in [2.24, 2.45) is 5.92 Å². The van der Waals surface area contributed by atoms with Crippen LogP contribution in [0.4, 0.5) is 0 Å². The van der Waals surface area contributed by atoms with Crippen LogP contribution in [0.2, 0.25) is 0 Å². The smallest absolute Gasteiger partial charge is 0.148 e. The van der Waals surface area contributed by atoms with Crippen LogP contribution >= 0.6 is 15.9 Å². The van der Waals surface area contributed by atoms with Gasteiger partial charge in [0, 0.05) is 11.0 Å². The first kappa shape index (κ1) is 15.2. The third kappa shape index (κ3) is 3.67. The number of rotatable bonds is 5. The monoisotopic (exact) mass is 336 g/mol. The Bertz CT molecular complexity index is 590. The van der Waals surface area contributed by atoms with E-state index in [9.17, 15) is 0 Å². The summed E-state index contributed by atoms with van der Waals surface area (Å²) in [6.07, 6.45) is 0. The number of aryl methyl sites for hydroxylation is 2. The largest absolute Gasteiger partial charge is 0.312 e. The number of hydrogen-bond acceptors (Lipinski definition) is 3. The summed E-state index contributed by atoms with van der Waals surface area (Å²) >= 11 is 3.63. The van der Waals surface area contributed by atoms with E-state index in [1.165, 1.54) is 5.56 Å². The van der Waals surface area contributed by atoms with Crippen molar-refractivity contribution < 1.29 is 0 Å². The molecule has 0 bridgehead atoms. The van der Waals surface area contributed by atoms with Gasteiger partial charge in [0.15, 0.2) is 0 Å². The predicted octanol–water partition coefficient (Wildman–Crippen LogP) is 3.39. The summed E-state index contributed by atoms with van der Waals surface area (Å²) < 4.78 is 2.90. The SMILES string of the molecule is Cc1nc(C)n(-c2ccc(CNCC(C)C)cc2Br)n1. The van der Waals surface area contributed by atoms with Crippen LogP contribution in [0.25, 0.3) is 5.69 Å². The van der Waals surface area contributed by atoms with Gasteiger partial charge < -0.3 is 5.32 Å². The average Bonchev–Trinajstić information content (AvgIpc) is 2.68. The van der Waals surface area contributed by atoms with Gasteiger partial charge in [0.1, 0.15) is 11.6 Å². The molecule has 0 aliphatic rings. The van der Waals surface area contributed by atoms with Gasteiger partial charge in [0.25, 0.3) is 0 Å². The zero-order valence-electron chi connectivity index (χ0n) is 12.4. The van der Waals surface area contributed by atoms with E-state index in [1.54, 1.807) is 0 Å². The average molecular weight is 337 g/mol. The topological polar surface area (TPSA) is 42.7 Å². The Balaban J connectivity index is 2.16. The highest BCUT2D eigenvalue weighted by Crippen LogP contribution is 2.23. The first-order chi connectivity index (χ1) is 9.47. The second-order valence-corrected chi connectivity index (χ2v) is 6.28. The summed E-state index contributed by atoms with van der Waals surface area (Å²) in [6.45, 7) is 10.2. The third-order valence-electron chi connectivity index (χ3n) is 3.00. The molecule has 0 atom stereocenters. The van der Waals surface area contributed by atoms with Crippen molar-refractivity contribution in [2.45, 2.75) is 34.2 Å². The van der Waals surface area contributed by atoms with Crippen LogP contribution in [0.1, 0.15) is 31.1 Å². The Kier molecular flexibility index (Phi) is 4.94. The highest BCUT2D eigenvalue weighted by molar-refractivity contribution is 9.10. The molecule has 108 valence electrons. The minimum atomic E-state index is 0.665. The zero-order chi connectivity index (χ0) is 14.7. The first-order valence-electron chi connectivity index (χ1n) is 6.87. The molecule has 0 aliphatic heterocycles. The van der Waals surface area contributed by atoms with Crippen molar-refractivity contribution in [1.29, 1.82) is 0 Å². The van der Waals surface area contributed by atoms with Gasteiger partial charge in [-0.2, -0.15) is 5.10 Å². The highest BCUT2D eigenvalue weighted by Gasteiger charge is 2.09. The number of halogens is 1.